The van der Waals surface area contributed by atoms with Gasteiger partial charge in [0.15, 0.2) is 0 Å². The summed E-state index contributed by atoms with van der Waals surface area (Å²) in [5, 5.41) is 10.5. The largest absolute Gasteiger partial charge is 0.269 e. The molecule has 0 radical (unpaired) electrons. The second kappa shape index (κ2) is 5.25. The zero-order valence-corrected chi connectivity index (χ0v) is 10.4. The van der Waals surface area contributed by atoms with Crippen LogP contribution >= 0.6 is 24.4 Å². The molecule has 0 N–H and O–H groups in total. The zero-order valence-electron chi connectivity index (χ0n) is 8.74. The van der Waals surface area contributed by atoms with E-state index >= 15 is 0 Å². The molecule has 3 nitrogen and oxygen atoms in total. The highest BCUT2D eigenvalue weighted by molar-refractivity contribution is 7.99. The van der Waals surface area contributed by atoms with Crippen molar-refractivity contribution >= 4 is 30.1 Å². The Hall–Kier alpha value is -1.46. The molecular formula is C12H9NO2S2. The standard InChI is InChI=1S/C12H9NO2S2/c14-13(15)9-1-5-11(6-2-9)17-12-7-3-10(16)4-8-12/h1-8,16H. The lowest BCUT2D eigenvalue weighted by atomic mass is 10.3. The maximum absolute atomic E-state index is 10.5. The van der Waals surface area contributed by atoms with E-state index in [1.807, 2.05) is 24.3 Å². The molecule has 0 aliphatic carbocycles. The smallest absolute Gasteiger partial charge is 0.258 e. The van der Waals surface area contributed by atoms with Gasteiger partial charge in [0.05, 0.1) is 4.92 Å². The SMILES string of the molecule is O=[N+]([O-])c1ccc(Sc2ccc(S)cc2)cc1. The van der Waals surface area contributed by atoms with Gasteiger partial charge in [0.1, 0.15) is 0 Å². The molecule has 0 aliphatic rings. The average molecular weight is 263 g/mol. The van der Waals surface area contributed by atoms with Crippen molar-refractivity contribution < 1.29 is 4.92 Å². The first kappa shape index (κ1) is 12.0. The topological polar surface area (TPSA) is 43.1 Å². The maximum Gasteiger partial charge on any atom is 0.269 e. The van der Waals surface area contributed by atoms with Gasteiger partial charge in [-0.15, -0.1) is 12.6 Å². The van der Waals surface area contributed by atoms with Gasteiger partial charge in [-0.2, -0.15) is 0 Å². The number of rotatable bonds is 3. The van der Waals surface area contributed by atoms with Crippen LogP contribution in [0.2, 0.25) is 0 Å². The highest BCUT2D eigenvalue weighted by Gasteiger charge is 2.04. The van der Waals surface area contributed by atoms with Gasteiger partial charge in [0.2, 0.25) is 0 Å². The van der Waals surface area contributed by atoms with E-state index in [1.54, 1.807) is 23.9 Å². The second-order valence-corrected chi connectivity index (χ2v) is 5.01. The van der Waals surface area contributed by atoms with Crippen molar-refractivity contribution in [3.63, 3.8) is 0 Å². The third-order valence-electron chi connectivity index (χ3n) is 2.12. The van der Waals surface area contributed by atoms with Gasteiger partial charge in [-0.1, -0.05) is 11.8 Å². The molecule has 0 aliphatic heterocycles. The summed E-state index contributed by atoms with van der Waals surface area (Å²) in [6, 6.07) is 14.3. The normalized spacial score (nSPS) is 10.2. The van der Waals surface area contributed by atoms with E-state index in [9.17, 15) is 10.1 Å². The van der Waals surface area contributed by atoms with E-state index in [1.165, 1.54) is 12.1 Å². The summed E-state index contributed by atoms with van der Waals surface area (Å²) in [5.74, 6) is 0. The van der Waals surface area contributed by atoms with Gasteiger partial charge in [-0.3, -0.25) is 10.1 Å². The molecule has 2 aromatic rings. The number of hydrogen-bond acceptors (Lipinski definition) is 4. The Morgan fingerprint density at radius 2 is 1.41 bits per heavy atom. The Morgan fingerprint density at radius 3 is 1.88 bits per heavy atom. The van der Waals surface area contributed by atoms with E-state index in [-0.39, 0.29) is 5.69 Å². The minimum Gasteiger partial charge on any atom is -0.258 e. The molecule has 0 heterocycles. The van der Waals surface area contributed by atoms with E-state index in [0.29, 0.717) is 0 Å². The molecule has 17 heavy (non-hydrogen) atoms. The Labute approximate surface area is 108 Å². The first-order chi connectivity index (χ1) is 8.15. The van der Waals surface area contributed by atoms with Crippen LogP contribution in [-0.2, 0) is 0 Å². The van der Waals surface area contributed by atoms with Crippen LogP contribution in [0.15, 0.2) is 63.2 Å². The molecule has 0 aromatic heterocycles. The monoisotopic (exact) mass is 263 g/mol. The van der Waals surface area contributed by atoms with Gasteiger partial charge < -0.3 is 0 Å². The summed E-state index contributed by atoms with van der Waals surface area (Å²) in [5.41, 5.74) is 0.111. The summed E-state index contributed by atoms with van der Waals surface area (Å²) in [6.45, 7) is 0. The van der Waals surface area contributed by atoms with E-state index in [0.717, 1.165) is 14.7 Å². The van der Waals surface area contributed by atoms with Crippen molar-refractivity contribution in [2.24, 2.45) is 0 Å². The third-order valence-corrected chi connectivity index (χ3v) is 3.43. The summed E-state index contributed by atoms with van der Waals surface area (Å²) >= 11 is 5.77. The number of hydrogen-bond donors (Lipinski definition) is 1. The molecule has 5 heteroatoms. The molecule has 0 saturated heterocycles. The number of nitro groups is 1. The number of nitro benzene ring substituents is 1. The zero-order chi connectivity index (χ0) is 12.3. The van der Waals surface area contributed by atoms with Crippen LogP contribution in [0.1, 0.15) is 0 Å². The Morgan fingerprint density at radius 1 is 0.941 bits per heavy atom. The highest BCUT2D eigenvalue weighted by Crippen LogP contribution is 2.29. The van der Waals surface area contributed by atoms with Gasteiger partial charge >= 0.3 is 0 Å². The lowest BCUT2D eigenvalue weighted by Gasteiger charge is -2.01. The van der Waals surface area contributed by atoms with Crippen LogP contribution in [0.5, 0.6) is 0 Å². The average Bonchev–Trinajstić information content (AvgIpc) is 2.33. The fourth-order valence-electron chi connectivity index (χ4n) is 1.29. The van der Waals surface area contributed by atoms with Gasteiger partial charge in [0.25, 0.3) is 5.69 Å². The first-order valence-corrected chi connectivity index (χ1v) is 6.13. The number of non-ortho nitro benzene ring substituents is 1. The highest BCUT2D eigenvalue weighted by atomic mass is 32.2. The molecule has 0 bridgehead atoms. The van der Waals surface area contributed by atoms with Gasteiger partial charge in [0, 0.05) is 26.8 Å². The van der Waals surface area contributed by atoms with Crippen molar-refractivity contribution in [2.75, 3.05) is 0 Å². The number of benzene rings is 2. The fourth-order valence-corrected chi connectivity index (χ4v) is 2.25. The lowest BCUT2D eigenvalue weighted by Crippen LogP contribution is -1.86. The summed E-state index contributed by atoms with van der Waals surface area (Å²) in [4.78, 5) is 13.1. The van der Waals surface area contributed by atoms with Crippen LogP contribution in [0.3, 0.4) is 0 Å². The van der Waals surface area contributed by atoms with E-state index in [4.69, 9.17) is 0 Å². The molecule has 0 atom stereocenters. The molecule has 86 valence electrons. The molecule has 0 spiro atoms. The van der Waals surface area contributed by atoms with Crippen LogP contribution in [0.4, 0.5) is 5.69 Å². The minimum absolute atomic E-state index is 0.111. The molecule has 2 aromatic carbocycles. The fraction of sp³-hybridized carbons (Fsp3) is 0. The van der Waals surface area contributed by atoms with Crippen molar-refractivity contribution in [1.82, 2.24) is 0 Å². The Kier molecular flexibility index (Phi) is 3.71. The number of nitrogens with zero attached hydrogens (tertiary/aromatic N) is 1. The van der Waals surface area contributed by atoms with E-state index < -0.39 is 4.92 Å². The van der Waals surface area contributed by atoms with Crippen molar-refractivity contribution in [3.05, 3.63) is 58.6 Å². The first-order valence-electron chi connectivity index (χ1n) is 4.86. The van der Waals surface area contributed by atoms with Gasteiger partial charge in [-0.05, 0) is 36.4 Å². The quantitative estimate of drug-likeness (QED) is 0.516. The summed E-state index contributed by atoms with van der Waals surface area (Å²) < 4.78 is 0. The van der Waals surface area contributed by atoms with Crippen LogP contribution < -0.4 is 0 Å². The molecule has 0 amide bonds. The second-order valence-electron chi connectivity index (χ2n) is 3.35. The molecular weight excluding hydrogens is 254 g/mol. The predicted molar refractivity (Wildman–Crippen MR) is 70.9 cm³/mol. The summed E-state index contributed by atoms with van der Waals surface area (Å²) in [7, 11) is 0. The van der Waals surface area contributed by atoms with Gasteiger partial charge in [-0.25, -0.2) is 0 Å². The minimum atomic E-state index is -0.399. The summed E-state index contributed by atoms with van der Waals surface area (Å²) in [6.07, 6.45) is 0. The van der Waals surface area contributed by atoms with Crippen LogP contribution in [-0.4, -0.2) is 4.92 Å². The van der Waals surface area contributed by atoms with E-state index in [2.05, 4.69) is 12.6 Å². The number of thiol groups is 1. The van der Waals surface area contributed by atoms with Crippen LogP contribution in [0.25, 0.3) is 0 Å². The predicted octanol–water partition coefficient (Wildman–Crippen LogP) is 4.03. The van der Waals surface area contributed by atoms with Crippen molar-refractivity contribution in [3.8, 4) is 0 Å². The Bertz CT molecular complexity index is 523. The van der Waals surface area contributed by atoms with Crippen LogP contribution in [0, 0.1) is 10.1 Å². The van der Waals surface area contributed by atoms with Crippen molar-refractivity contribution in [2.45, 2.75) is 14.7 Å². The molecule has 2 rings (SSSR count). The molecule has 0 saturated carbocycles. The van der Waals surface area contributed by atoms with Crippen molar-refractivity contribution in [1.29, 1.82) is 0 Å². The molecule has 0 fully saturated rings. The molecule has 0 unspecified atom stereocenters. The third kappa shape index (κ3) is 3.25. The maximum atomic E-state index is 10.5. The lowest BCUT2D eigenvalue weighted by molar-refractivity contribution is -0.384. The Balaban J connectivity index is 2.13.